The van der Waals surface area contributed by atoms with Crippen molar-refractivity contribution in [1.29, 1.82) is 0 Å². The minimum absolute atomic E-state index is 0.00273. The van der Waals surface area contributed by atoms with Crippen LogP contribution in [0.5, 0.6) is 11.5 Å². The van der Waals surface area contributed by atoms with Crippen molar-refractivity contribution in [2.24, 2.45) is 0 Å². The minimum atomic E-state index is -0.362. The van der Waals surface area contributed by atoms with Gasteiger partial charge in [-0.15, -0.1) is 0 Å². The molecule has 0 saturated carbocycles. The average molecular weight is 338 g/mol. The number of carbonyl (C=O) groups excluding carboxylic acids is 1. The van der Waals surface area contributed by atoms with Crippen molar-refractivity contribution in [1.82, 2.24) is 0 Å². The van der Waals surface area contributed by atoms with E-state index in [1.54, 1.807) is 36.4 Å². The van der Waals surface area contributed by atoms with Crippen molar-refractivity contribution in [3.63, 3.8) is 0 Å². The highest BCUT2D eigenvalue weighted by Crippen LogP contribution is 2.29. The number of hydrogen-bond donors (Lipinski definition) is 2. The number of halogens is 2. The smallest absolute Gasteiger partial charge is 0.248 e. The van der Waals surface area contributed by atoms with Crippen LogP contribution in [0.3, 0.4) is 0 Å². The summed E-state index contributed by atoms with van der Waals surface area (Å²) in [5, 5.41) is 12.9. The van der Waals surface area contributed by atoms with Crippen molar-refractivity contribution >= 4 is 40.9 Å². The molecule has 0 unspecified atom stereocenters. The molecule has 6 heteroatoms. The summed E-state index contributed by atoms with van der Waals surface area (Å²) in [6, 6.07) is 9.80. The van der Waals surface area contributed by atoms with E-state index in [-0.39, 0.29) is 16.7 Å². The van der Waals surface area contributed by atoms with E-state index in [2.05, 4.69) is 5.32 Å². The summed E-state index contributed by atoms with van der Waals surface area (Å²) >= 11 is 11.9. The first-order valence-electron chi connectivity index (χ1n) is 6.31. The third-order valence-electron chi connectivity index (χ3n) is 2.84. The Balaban J connectivity index is 2.08. The molecule has 0 aromatic heterocycles. The lowest BCUT2D eigenvalue weighted by molar-refractivity contribution is -0.111. The summed E-state index contributed by atoms with van der Waals surface area (Å²) in [6.45, 7) is 0. The van der Waals surface area contributed by atoms with Gasteiger partial charge in [-0.1, -0.05) is 35.3 Å². The molecule has 22 heavy (non-hydrogen) atoms. The van der Waals surface area contributed by atoms with Crippen LogP contribution in [0.25, 0.3) is 6.08 Å². The zero-order valence-corrected chi connectivity index (χ0v) is 13.2. The van der Waals surface area contributed by atoms with Gasteiger partial charge in [0.25, 0.3) is 0 Å². The number of amides is 1. The lowest BCUT2D eigenvalue weighted by Gasteiger charge is -2.06. The number of phenols is 1. The fraction of sp³-hybridized carbons (Fsp3) is 0.0625. The highest BCUT2D eigenvalue weighted by atomic mass is 35.5. The minimum Gasteiger partial charge on any atom is -0.504 e. The highest BCUT2D eigenvalue weighted by molar-refractivity contribution is 6.44. The van der Waals surface area contributed by atoms with E-state index in [1.807, 2.05) is 0 Å². The van der Waals surface area contributed by atoms with Crippen molar-refractivity contribution in [3.05, 3.63) is 58.1 Å². The Kier molecular flexibility index (Phi) is 5.31. The molecule has 2 aromatic carbocycles. The largest absolute Gasteiger partial charge is 0.504 e. The quantitative estimate of drug-likeness (QED) is 0.815. The maximum Gasteiger partial charge on any atom is 0.248 e. The Hall–Kier alpha value is -2.17. The van der Waals surface area contributed by atoms with E-state index in [0.29, 0.717) is 22.0 Å². The van der Waals surface area contributed by atoms with Gasteiger partial charge in [-0.2, -0.15) is 0 Å². The van der Waals surface area contributed by atoms with Crippen molar-refractivity contribution in [2.45, 2.75) is 0 Å². The predicted octanol–water partition coefficient (Wildman–Crippen LogP) is 4.36. The molecule has 1 amide bonds. The van der Waals surface area contributed by atoms with Crippen molar-refractivity contribution in [2.75, 3.05) is 12.4 Å². The predicted molar refractivity (Wildman–Crippen MR) is 88.8 cm³/mol. The van der Waals surface area contributed by atoms with Crippen LogP contribution >= 0.6 is 23.2 Å². The fourth-order valence-electron chi connectivity index (χ4n) is 1.76. The molecular formula is C16H13Cl2NO3. The molecule has 0 saturated heterocycles. The molecule has 0 aliphatic rings. The number of aromatic hydroxyl groups is 1. The number of anilines is 1. The normalized spacial score (nSPS) is 10.7. The maximum absolute atomic E-state index is 11.9. The monoisotopic (exact) mass is 337 g/mol. The molecule has 114 valence electrons. The number of benzene rings is 2. The Morgan fingerprint density at radius 1 is 1.27 bits per heavy atom. The van der Waals surface area contributed by atoms with E-state index >= 15 is 0 Å². The Morgan fingerprint density at radius 3 is 2.73 bits per heavy atom. The molecule has 2 N–H and O–H groups in total. The Morgan fingerprint density at radius 2 is 2.05 bits per heavy atom. The molecule has 0 fully saturated rings. The molecule has 0 aliphatic heterocycles. The third-order valence-corrected chi connectivity index (χ3v) is 3.66. The molecule has 2 aromatic rings. The van der Waals surface area contributed by atoms with E-state index < -0.39 is 0 Å². The second-order valence-corrected chi connectivity index (χ2v) is 5.14. The Labute approximate surface area is 137 Å². The molecule has 0 spiro atoms. The SMILES string of the molecule is COc1ccc(C=CC(=O)Nc2cccc(Cl)c2Cl)cc1O. The molecule has 4 nitrogen and oxygen atoms in total. The van der Waals surface area contributed by atoms with Crippen LogP contribution in [0.4, 0.5) is 5.69 Å². The molecule has 0 radical (unpaired) electrons. The number of nitrogens with one attached hydrogen (secondary N) is 1. The van der Waals surface area contributed by atoms with Crippen LogP contribution in [0.15, 0.2) is 42.5 Å². The summed E-state index contributed by atoms with van der Waals surface area (Å²) in [5.74, 6) is 0.00901. The van der Waals surface area contributed by atoms with Crippen molar-refractivity contribution in [3.8, 4) is 11.5 Å². The van der Waals surface area contributed by atoms with Gasteiger partial charge in [0.2, 0.25) is 5.91 Å². The van der Waals surface area contributed by atoms with Crippen LogP contribution in [-0.4, -0.2) is 18.1 Å². The number of ether oxygens (including phenoxy) is 1. The van der Waals surface area contributed by atoms with Gasteiger partial charge >= 0.3 is 0 Å². The van der Waals surface area contributed by atoms with E-state index in [0.717, 1.165) is 0 Å². The molecule has 0 bridgehead atoms. The number of hydrogen-bond acceptors (Lipinski definition) is 3. The second-order valence-electron chi connectivity index (χ2n) is 4.36. The van der Waals surface area contributed by atoms with Crippen LogP contribution in [0, 0.1) is 0 Å². The van der Waals surface area contributed by atoms with E-state index in [9.17, 15) is 9.90 Å². The number of methoxy groups -OCH3 is 1. The molecule has 0 aliphatic carbocycles. The maximum atomic E-state index is 11.9. The zero-order valence-electron chi connectivity index (χ0n) is 11.6. The first-order chi connectivity index (χ1) is 10.5. The van der Waals surface area contributed by atoms with Gasteiger partial charge in [0.05, 0.1) is 22.8 Å². The van der Waals surface area contributed by atoms with Gasteiger partial charge in [-0.3, -0.25) is 4.79 Å². The van der Waals surface area contributed by atoms with Crippen molar-refractivity contribution < 1.29 is 14.6 Å². The molecule has 0 heterocycles. The lowest BCUT2D eigenvalue weighted by Crippen LogP contribution is -2.08. The van der Waals surface area contributed by atoms with Crippen LogP contribution < -0.4 is 10.1 Å². The topological polar surface area (TPSA) is 58.6 Å². The van der Waals surface area contributed by atoms with Crippen LogP contribution in [0.2, 0.25) is 10.0 Å². The number of carbonyl (C=O) groups is 1. The molecule has 2 rings (SSSR count). The summed E-state index contributed by atoms with van der Waals surface area (Å²) in [6.07, 6.45) is 2.89. The van der Waals surface area contributed by atoms with E-state index in [1.165, 1.54) is 19.3 Å². The fourth-order valence-corrected chi connectivity index (χ4v) is 2.11. The van der Waals surface area contributed by atoms with Gasteiger partial charge in [0, 0.05) is 6.08 Å². The van der Waals surface area contributed by atoms with Gasteiger partial charge in [0.15, 0.2) is 11.5 Å². The summed E-state index contributed by atoms with van der Waals surface area (Å²) in [4.78, 5) is 11.9. The first kappa shape index (κ1) is 16.2. The summed E-state index contributed by atoms with van der Waals surface area (Å²) in [7, 11) is 1.47. The van der Waals surface area contributed by atoms with Crippen LogP contribution in [-0.2, 0) is 4.79 Å². The van der Waals surface area contributed by atoms with Gasteiger partial charge in [-0.05, 0) is 35.9 Å². The standard InChI is InChI=1S/C16H13Cl2NO3/c1-22-14-7-5-10(9-13(14)20)6-8-15(21)19-12-4-2-3-11(17)16(12)18/h2-9,20H,1H3,(H,19,21). The lowest BCUT2D eigenvalue weighted by atomic mass is 10.2. The van der Waals surface area contributed by atoms with E-state index in [4.69, 9.17) is 27.9 Å². The van der Waals surface area contributed by atoms with Gasteiger partial charge in [0.1, 0.15) is 0 Å². The summed E-state index contributed by atoms with van der Waals surface area (Å²) < 4.78 is 4.95. The highest BCUT2D eigenvalue weighted by Gasteiger charge is 2.06. The Bertz CT molecular complexity index is 729. The average Bonchev–Trinajstić information content (AvgIpc) is 2.50. The summed E-state index contributed by atoms with van der Waals surface area (Å²) in [5.41, 5.74) is 1.09. The zero-order chi connectivity index (χ0) is 16.1. The second kappa shape index (κ2) is 7.20. The van der Waals surface area contributed by atoms with Gasteiger partial charge < -0.3 is 15.2 Å². The number of phenolic OH excluding ortho intramolecular Hbond substituents is 1. The molecule has 0 atom stereocenters. The van der Waals surface area contributed by atoms with Gasteiger partial charge in [-0.25, -0.2) is 0 Å². The number of rotatable bonds is 4. The first-order valence-corrected chi connectivity index (χ1v) is 7.07. The third kappa shape index (κ3) is 3.93. The molecular weight excluding hydrogens is 325 g/mol. The van der Waals surface area contributed by atoms with Crippen LogP contribution in [0.1, 0.15) is 5.56 Å².